The maximum absolute atomic E-state index is 5.35. The van der Waals surface area contributed by atoms with Crippen molar-refractivity contribution in [2.45, 2.75) is 0 Å². The minimum Gasteiger partial charge on any atom is -0.309 e. The highest BCUT2D eigenvalue weighted by atomic mass is 15.0. The smallest absolute Gasteiger partial charge is 0.0715 e. The zero-order chi connectivity index (χ0) is 40.7. The van der Waals surface area contributed by atoms with Gasteiger partial charge in [-0.1, -0.05) is 152 Å². The van der Waals surface area contributed by atoms with Gasteiger partial charge in [-0.2, -0.15) is 0 Å². The first kappa shape index (κ1) is 34.6. The lowest BCUT2D eigenvalue weighted by Gasteiger charge is -2.14. The summed E-state index contributed by atoms with van der Waals surface area (Å²) in [5.74, 6) is 0. The number of para-hydroxylation sites is 2. The fraction of sp³-hybridized carbons (Fsp3) is 0. The zero-order valence-electron chi connectivity index (χ0n) is 33.7. The Morgan fingerprint density at radius 2 is 0.694 bits per heavy atom. The molecule has 0 spiro atoms. The topological polar surface area (TPSA) is 22.8 Å². The van der Waals surface area contributed by atoms with Crippen LogP contribution in [-0.4, -0.2) is 14.1 Å². The molecule has 3 heterocycles. The molecule has 0 fully saturated rings. The largest absolute Gasteiger partial charge is 0.309 e. The summed E-state index contributed by atoms with van der Waals surface area (Å²) in [5, 5.41) is 12.2. The summed E-state index contributed by atoms with van der Waals surface area (Å²) in [6.07, 6.45) is 0. The highest BCUT2D eigenvalue weighted by Gasteiger charge is 2.19. The molecule has 0 amide bonds. The van der Waals surface area contributed by atoms with Gasteiger partial charge in [0.1, 0.15) is 0 Å². The normalized spacial score (nSPS) is 11.9. The van der Waals surface area contributed by atoms with E-state index in [4.69, 9.17) is 4.98 Å². The van der Waals surface area contributed by atoms with Crippen molar-refractivity contribution in [3.63, 3.8) is 0 Å². The Morgan fingerprint density at radius 3 is 1.24 bits per heavy atom. The second-order valence-corrected chi connectivity index (χ2v) is 16.4. The Labute approximate surface area is 358 Å². The van der Waals surface area contributed by atoms with E-state index in [1.54, 1.807) is 0 Å². The minimum absolute atomic E-state index is 0.948. The quantitative estimate of drug-likeness (QED) is 0.170. The van der Waals surface area contributed by atoms with Gasteiger partial charge in [-0.3, -0.25) is 0 Å². The molecule has 288 valence electrons. The van der Waals surface area contributed by atoms with Crippen LogP contribution >= 0.6 is 0 Å². The fourth-order valence-corrected chi connectivity index (χ4v) is 9.82. The van der Waals surface area contributed by atoms with E-state index in [0.717, 1.165) is 45.0 Å². The monoisotopic (exact) mass is 787 g/mol. The number of fused-ring (bicyclic) bond motifs is 9. The average Bonchev–Trinajstić information content (AvgIpc) is 3.84. The molecular weight excluding hydrogens is 751 g/mol. The summed E-state index contributed by atoms with van der Waals surface area (Å²) in [6.45, 7) is 0. The lowest BCUT2D eigenvalue weighted by atomic mass is 9.97. The number of rotatable bonds is 5. The number of hydrogen-bond donors (Lipinski definition) is 0. The minimum atomic E-state index is 0.948. The summed E-state index contributed by atoms with van der Waals surface area (Å²) in [5.41, 5.74) is 13.4. The second kappa shape index (κ2) is 13.6. The first-order chi connectivity index (χ1) is 30.7. The van der Waals surface area contributed by atoms with E-state index in [0.29, 0.717) is 0 Å². The van der Waals surface area contributed by atoms with E-state index in [2.05, 4.69) is 234 Å². The van der Waals surface area contributed by atoms with Gasteiger partial charge < -0.3 is 9.13 Å². The first-order valence-corrected chi connectivity index (χ1v) is 21.3. The van der Waals surface area contributed by atoms with Gasteiger partial charge in [0.25, 0.3) is 0 Å². The summed E-state index contributed by atoms with van der Waals surface area (Å²) >= 11 is 0. The Balaban J connectivity index is 1.02. The van der Waals surface area contributed by atoms with Crippen LogP contribution in [0.1, 0.15) is 0 Å². The fourth-order valence-electron chi connectivity index (χ4n) is 9.82. The first-order valence-electron chi connectivity index (χ1n) is 21.3. The number of pyridine rings is 1. The van der Waals surface area contributed by atoms with Gasteiger partial charge in [0, 0.05) is 44.0 Å². The van der Waals surface area contributed by atoms with Crippen molar-refractivity contribution in [3.8, 4) is 45.0 Å². The van der Waals surface area contributed by atoms with Gasteiger partial charge in [0.05, 0.1) is 33.5 Å². The lowest BCUT2D eigenvalue weighted by Crippen LogP contribution is -1.96. The van der Waals surface area contributed by atoms with Crippen molar-refractivity contribution in [3.05, 3.63) is 224 Å². The van der Waals surface area contributed by atoms with Crippen LogP contribution in [0.4, 0.5) is 0 Å². The van der Waals surface area contributed by atoms with Gasteiger partial charge in [0.2, 0.25) is 0 Å². The van der Waals surface area contributed by atoms with Crippen LogP contribution in [0.15, 0.2) is 224 Å². The van der Waals surface area contributed by atoms with Gasteiger partial charge >= 0.3 is 0 Å². The maximum Gasteiger partial charge on any atom is 0.0715 e. The van der Waals surface area contributed by atoms with E-state index in [1.165, 1.54) is 75.9 Å². The van der Waals surface area contributed by atoms with E-state index < -0.39 is 0 Å². The molecule has 0 aliphatic heterocycles. The number of nitrogens with zero attached hydrogens (tertiary/aromatic N) is 3. The molecule has 62 heavy (non-hydrogen) atoms. The van der Waals surface area contributed by atoms with Crippen molar-refractivity contribution in [1.29, 1.82) is 0 Å². The highest BCUT2D eigenvalue weighted by molar-refractivity contribution is 6.19. The Morgan fingerprint density at radius 1 is 0.242 bits per heavy atom. The summed E-state index contributed by atoms with van der Waals surface area (Å²) in [7, 11) is 0. The molecule has 3 aromatic heterocycles. The molecule has 0 radical (unpaired) electrons. The van der Waals surface area contributed by atoms with Gasteiger partial charge in [0.15, 0.2) is 0 Å². The average molecular weight is 788 g/mol. The molecule has 0 saturated heterocycles. The molecule has 13 rings (SSSR count). The van der Waals surface area contributed by atoms with Crippen LogP contribution in [0.2, 0.25) is 0 Å². The van der Waals surface area contributed by atoms with Gasteiger partial charge in [-0.15, -0.1) is 0 Å². The SMILES string of the molecule is c1cc(-c2cc(-c3ccc4ccccc4c3)nc(-c3ccc4ccccc4c3)c2)cc(-n2c3ccccc3c3cc4c(cc32)c2ccccc2n4-c2ccc3ccccc3c2)c1. The number of aromatic nitrogens is 3. The summed E-state index contributed by atoms with van der Waals surface area (Å²) in [6, 6.07) is 81.8. The van der Waals surface area contributed by atoms with Crippen molar-refractivity contribution < 1.29 is 0 Å². The predicted octanol–water partition coefficient (Wildman–Crippen LogP) is 15.7. The molecule has 0 bridgehead atoms. The molecule has 0 unspecified atom stereocenters. The van der Waals surface area contributed by atoms with Crippen LogP contribution in [-0.2, 0) is 0 Å². The van der Waals surface area contributed by atoms with Crippen LogP contribution < -0.4 is 0 Å². The zero-order valence-corrected chi connectivity index (χ0v) is 33.7. The van der Waals surface area contributed by atoms with Crippen molar-refractivity contribution in [2.75, 3.05) is 0 Å². The van der Waals surface area contributed by atoms with E-state index in [1.807, 2.05) is 0 Å². The predicted molar refractivity (Wildman–Crippen MR) is 262 cm³/mol. The molecule has 3 heteroatoms. The van der Waals surface area contributed by atoms with Gasteiger partial charge in [-0.25, -0.2) is 4.98 Å². The maximum atomic E-state index is 5.35. The molecule has 10 aromatic carbocycles. The highest BCUT2D eigenvalue weighted by Crippen LogP contribution is 2.41. The second-order valence-electron chi connectivity index (χ2n) is 16.4. The van der Waals surface area contributed by atoms with E-state index >= 15 is 0 Å². The van der Waals surface area contributed by atoms with Crippen LogP contribution in [0.25, 0.3) is 121 Å². The summed E-state index contributed by atoms with van der Waals surface area (Å²) < 4.78 is 4.89. The Kier molecular flexibility index (Phi) is 7.60. The van der Waals surface area contributed by atoms with Crippen LogP contribution in [0.3, 0.4) is 0 Å². The molecule has 0 aliphatic carbocycles. The molecule has 0 saturated carbocycles. The standard InChI is InChI=1S/C59H37N3/c1-4-15-41-30-45(26-24-38(41)12-1)54-34-47(35-55(60-54)46-27-25-39-13-2-5-16-42(39)31-46)44-18-11-19-48(33-44)61-56-22-9-7-20-50(56)52-37-59-53(36-58(52)61)51-21-8-10-23-57(51)62(59)49-29-28-40-14-3-6-17-43(40)32-49/h1-37H. The van der Waals surface area contributed by atoms with Crippen molar-refractivity contribution >= 4 is 75.9 Å². The van der Waals surface area contributed by atoms with Crippen molar-refractivity contribution in [2.24, 2.45) is 0 Å². The molecule has 13 aromatic rings. The van der Waals surface area contributed by atoms with E-state index in [-0.39, 0.29) is 0 Å². The van der Waals surface area contributed by atoms with Crippen LogP contribution in [0.5, 0.6) is 0 Å². The van der Waals surface area contributed by atoms with Crippen LogP contribution in [0, 0.1) is 0 Å². The lowest BCUT2D eigenvalue weighted by molar-refractivity contribution is 1.18. The summed E-state index contributed by atoms with van der Waals surface area (Å²) in [4.78, 5) is 5.35. The molecule has 0 N–H and O–H groups in total. The third kappa shape index (κ3) is 5.49. The van der Waals surface area contributed by atoms with Crippen molar-refractivity contribution in [1.82, 2.24) is 14.1 Å². The molecule has 3 nitrogen and oxygen atoms in total. The Bertz CT molecular complexity index is 3840. The van der Waals surface area contributed by atoms with E-state index in [9.17, 15) is 0 Å². The Hall–Kier alpha value is -8.27. The number of benzene rings is 10. The molecular formula is C59H37N3. The molecule has 0 aliphatic rings. The molecule has 0 atom stereocenters. The van der Waals surface area contributed by atoms with Gasteiger partial charge in [-0.05, 0) is 116 Å². The third-order valence-corrected chi connectivity index (χ3v) is 12.8. The third-order valence-electron chi connectivity index (χ3n) is 12.8. The number of hydrogen-bond acceptors (Lipinski definition) is 1.